The Morgan fingerprint density at radius 3 is 2.50 bits per heavy atom. The summed E-state index contributed by atoms with van der Waals surface area (Å²) in [6, 6.07) is 0. The molecule has 1 fully saturated rings. The van der Waals surface area contributed by atoms with Gasteiger partial charge < -0.3 is 4.74 Å². The number of thioether (sulfide) groups is 2. The molecule has 0 N–H and O–H groups in total. The Labute approximate surface area is 124 Å². The molecule has 1 rings (SSSR count). The van der Waals surface area contributed by atoms with Gasteiger partial charge in [0.15, 0.2) is 4.08 Å². The van der Waals surface area contributed by atoms with E-state index in [0.29, 0.717) is 6.61 Å². The second kappa shape index (κ2) is 9.38. The van der Waals surface area contributed by atoms with E-state index in [1.165, 1.54) is 6.42 Å². The second-order valence-electron chi connectivity index (χ2n) is 4.38. The summed E-state index contributed by atoms with van der Waals surface area (Å²) in [5.74, 6) is 2.88. The summed E-state index contributed by atoms with van der Waals surface area (Å²) >= 11 is 9.24. The second-order valence-corrected chi connectivity index (χ2v) is 7.80. The summed E-state index contributed by atoms with van der Waals surface area (Å²) in [6.07, 6.45) is 6.63. The Morgan fingerprint density at radius 2 is 1.89 bits per heavy atom. The SMILES string of the molecule is CCOC(=O)C1(CCCCCCCl)SCCCS1. The summed E-state index contributed by atoms with van der Waals surface area (Å²) in [5, 5.41) is 0. The lowest BCUT2D eigenvalue weighted by atomic mass is 10.1. The Balaban J connectivity index is 2.42. The van der Waals surface area contributed by atoms with Crippen molar-refractivity contribution in [3.8, 4) is 0 Å². The summed E-state index contributed by atoms with van der Waals surface area (Å²) in [4.78, 5) is 12.2. The van der Waals surface area contributed by atoms with Crippen LogP contribution in [0, 0.1) is 0 Å². The van der Waals surface area contributed by atoms with Crippen molar-refractivity contribution in [3.63, 3.8) is 0 Å². The average molecular weight is 311 g/mol. The van der Waals surface area contributed by atoms with Gasteiger partial charge in [-0.25, -0.2) is 4.79 Å². The highest BCUT2D eigenvalue weighted by Gasteiger charge is 2.42. The van der Waals surface area contributed by atoms with Gasteiger partial charge in [0, 0.05) is 5.88 Å². The average Bonchev–Trinajstić information content (AvgIpc) is 2.40. The molecule has 0 saturated carbocycles. The molecule has 0 aliphatic carbocycles. The number of esters is 1. The van der Waals surface area contributed by atoms with E-state index in [-0.39, 0.29) is 10.0 Å². The minimum atomic E-state index is -0.324. The molecule has 0 amide bonds. The van der Waals surface area contributed by atoms with Gasteiger partial charge >= 0.3 is 5.97 Å². The number of carbonyl (C=O) groups is 1. The highest BCUT2D eigenvalue weighted by Crippen LogP contribution is 2.46. The van der Waals surface area contributed by atoms with E-state index in [4.69, 9.17) is 16.3 Å². The third kappa shape index (κ3) is 5.22. The van der Waals surface area contributed by atoms with Crippen molar-refractivity contribution in [2.24, 2.45) is 0 Å². The molecule has 0 unspecified atom stereocenters. The summed E-state index contributed by atoms with van der Waals surface area (Å²) in [5.41, 5.74) is 0. The first-order valence-electron chi connectivity index (χ1n) is 6.76. The highest BCUT2D eigenvalue weighted by molar-refractivity contribution is 8.19. The molecule has 0 spiro atoms. The van der Waals surface area contributed by atoms with Crippen molar-refractivity contribution in [2.45, 2.75) is 49.5 Å². The lowest BCUT2D eigenvalue weighted by molar-refractivity contribution is -0.143. The van der Waals surface area contributed by atoms with E-state index >= 15 is 0 Å². The van der Waals surface area contributed by atoms with Crippen LogP contribution in [0.5, 0.6) is 0 Å². The number of ether oxygens (including phenoxy) is 1. The lowest BCUT2D eigenvalue weighted by Crippen LogP contribution is -2.36. The van der Waals surface area contributed by atoms with Crippen LogP contribution >= 0.6 is 35.1 Å². The molecule has 0 atom stereocenters. The van der Waals surface area contributed by atoms with Crippen molar-refractivity contribution >= 4 is 41.1 Å². The van der Waals surface area contributed by atoms with E-state index in [0.717, 1.165) is 49.5 Å². The fraction of sp³-hybridized carbons (Fsp3) is 0.923. The molecule has 0 radical (unpaired) electrons. The normalized spacial score (nSPS) is 18.6. The fourth-order valence-corrected chi connectivity index (χ4v) is 5.36. The van der Waals surface area contributed by atoms with Gasteiger partial charge in [0.1, 0.15) is 0 Å². The third-order valence-corrected chi connectivity index (χ3v) is 6.57. The fourth-order valence-electron chi connectivity index (χ4n) is 1.99. The number of halogens is 1. The van der Waals surface area contributed by atoms with E-state index < -0.39 is 0 Å². The molecule has 1 saturated heterocycles. The number of unbranched alkanes of at least 4 members (excludes halogenated alkanes) is 3. The molecule has 0 aromatic heterocycles. The van der Waals surface area contributed by atoms with Crippen LogP contribution in [0.2, 0.25) is 0 Å². The van der Waals surface area contributed by atoms with Crippen LogP contribution in [0.3, 0.4) is 0 Å². The Morgan fingerprint density at radius 1 is 1.22 bits per heavy atom. The molecule has 18 heavy (non-hydrogen) atoms. The van der Waals surface area contributed by atoms with Crippen LogP contribution < -0.4 is 0 Å². The molecule has 106 valence electrons. The Bertz CT molecular complexity index is 243. The maximum absolute atomic E-state index is 12.2. The number of alkyl halides is 1. The zero-order valence-electron chi connectivity index (χ0n) is 11.1. The Hall–Kier alpha value is 0.460. The summed E-state index contributed by atoms with van der Waals surface area (Å²) in [6.45, 7) is 2.36. The topological polar surface area (TPSA) is 26.3 Å². The molecule has 1 heterocycles. The minimum Gasteiger partial charge on any atom is -0.464 e. The standard InChI is InChI=1S/C13H23ClO2S2/c1-2-16-12(15)13(17-10-7-11-18-13)8-5-3-4-6-9-14/h2-11H2,1H3. The van der Waals surface area contributed by atoms with E-state index in [9.17, 15) is 4.79 Å². The highest BCUT2D eigenvalue weighted by atomic mass is 35.5. The van der Waals surface area contributed by atoms with Crippen LogP contribution in [0.1, 0.15) is 45.4 Å². The molecule has 0 bridgehead atoms. The van der Waals surface area contributed by atoms with Gasteiger partial charge in [-0.05, 0) is 37.7 Å². The van der Waals surface area contributed by atoms with Gasteiger partial charge in [-0.1, -0.05) is 19.3 Å². The number of hydrogen-bond acceptors (Lipinski definition) is 4. The van der Waals surface area contributed by atoms with Gasteiger partial charge in [0.05, 0.1) is 6.61 Å². The molecule has 1 aliphatic rings. The first kappa shape index (κ1) is 16.5. The number of rotatable bonds is 8. The van der Waals surface area contributed by atoms with Crippen LogP contribution in [0.15, 0.2) is 0 Å². The minimum absolute atomic E-state index is 0.0166. The number of hydrogen-bond donors (Lipinski definition) is 0. The van der Waals surface area contributed by atoms with Crippen molar-refractivity contribution in [3.05, 3.63) is 0 Å². The molecule has 1 aliphatic heterocycles. The lowest BCUT2D eigenvalue weighted by Gasteiger charge is -2.33. The zero-order chi connectivity index (χ0) is 13.3. The van der Waals surface area contributed by atoms with Gasteiger partial charge in [-0.2, -0.15) is 0 Å². The van der Waals surface area contributed by atoms with Gasteiger partial charge in [0.2, 0.25) is 0 Å². The van der Waals surface area contributed by atoms with E-state index in [1.54, 1.807) is 23.5 Å². The molecular weight excluding hydrogens is 288 g/mol. The van der Waals surface area contributed by atoms with Crippen LogP contribution in [0.4, 0.5) is 0 Å². The monoisotopic (exact) mass is 310 g/mol. The summed E-state index contributed by atoms with van der Waals surface area (Å²) < 4.78 is 4.94. The van der Waals surface area contributed by atoms with E-state index in [1.807, 2.05) is 6.92 Å². The third-order valence-electron chi connectivity index (χ3n) is 2.94. The van der Waals surface area contributed by atoms with Crippen LogP contribution in [-0.4, -0.2) is 34.0 Å². The molecule has 0 aromatic carbocycles. The maximum Gasteiger partial charge on any atom is 0.332 e. The van der Waals surface area contributed by atoms with Crippen LogP contribution in [0.25, 0.3) is 0 Å². The van der Waals surface area contributed by atoms with Crippen molar-refractivity contribution < 1.29 is 9.53 Å². The smallest absolute Gasteiger partial charge is 0.332 e. The molecule has 2 nitrogen and oxygen atoms in total. The van der Waals surface area contributed by atoms with Gasteiger partial charge in [-0.15, -0.1) is 35.1 Å². The number of carbonyl (C=O) groups excluding carboxylic acids is 1. The quantitative estimate of drug-likeness (QED) is 0.379. The first-order valence-corrected chi connectivity index (χ1v) is 9.27. The van der Waals surface area contributed by atoms with Crippen molar-refractivity contribution in [1.29, 1.82) is 0 Å². The van der Waals surface area contributed by atoms with Crippen molar-refractivity contribution in [1.82, 2.24) is 0 Å². The van der Waals surface area contributed by atoms with E-state index in [2.05, 4.69) is 0 Å². The predicted molar refractivity (Wildman–Crippen MR) is 82.7 cm³/mol. The zero-order valence-corrected chi connectivity index (χ0v) is 13.5. The van der Waals surface area contributed by atoms with Gasteiger partial charge in [0.25, 0.3) is 0 Å². The predicted octanol–water partition coefficient (Wildman–Crippen LogP) is 4.31. The largest absolute Gasteiger partial charge is 0.464 e. The molecular formula is C13H23ClO2S2. The van der Waals surface area contributed by atoms with Crippen molar-refractivity contribution in [2.75, 3.05) is 24.0 Å². The summed E-state index contributed by atoms with van der Waals surface area (Å²) in [7, 11) is 0. The first-order chi connectivity index (χ1) is 8.75. The maximum atomic E-state index is 12.2. The van der Waals surface area contributed by atoms with Gasteiger partial charge in [-0.3, -0.25) is 0 Å². The molecule has 5 heteroatoms. The molecule has 0 aromatic rings. The Kier molecular flexibility index (Phi) is 8.60. The van der Waals surface area contributed by atoms with Crippen LogP contribution in [-0.2, 0) is 9.53 Å².